The molecule has 0 amide bonds. The number of hydrogen-bond donors (Lipinski definition) is 1. The van der Waals surface area contributed by atoms with E-state index in [1.54, 1.807) is 19.1 Å². The van der Waals surface area contributed by atoms with Crippen LogP contribution in [0.1, 0.15) is 16.8 Å². The maximum atomic E-state index is 12.9. The molecule has 3 aromatic rings. The van der Waals surface area contributed by atoms with E-state index in [4.69, 9.17) is 0 Å². The first-order valence-corrected chi connectivity index (χ1v) is 9.39. The van der Waals surface area contributed by atoms with Gasteiger partial charge in [0.1, 0.15) is 0 Å². The van der Waals surface area contributed by atoms with Crippen molar-refractivity contribution in [2.75, 3.05) is 38.1 Å². The molecule has 0 unspecified atom stereocenters. The fraction of sp³-hybridized carbons (Fsp3) is 0.318. The van der Waals surface area contributed by atoms with E-state index in [0.29, 0.717) is 28.6 Å². The fourth-order valence-corrected chi connectivity index (χ4v) is 3.79. The Morgan fingerprint density at radius 2 is 1.63 bits per heavy atom. The predicted molar refractivity (Wildman–Crippen MR) is 109 cm³/mol. The van der Waals surface area contributed by atoms with Crippen molar-refractivity contribution < 1.29 is 5.21 Å². The number of fused-ring (bicyclic) bond motifs is 1. The van der Waals surface area contributed by atoms with Gasteiger partial charge in [0.05, 0.1) is 11.2 Å². The van der Waals surface area contributed by atoms with Gasteiger partial charge in [0.15, 0.2) is 5.43 Å². The minimum atomic E-state index is -0.00320. The van der Waals surface area contributed by atoms with Crippen LogP contribution in [0.3, 0.4) is 0 Å². The molecule has 0 spiro atoms. The number of pyridine rings is 1. The van der Waals surface area contributed by atoms with Gasteiger partial charge in [0.2, 0.25) is 0 Å². The Kier molecular flexibility index (Phi) is 4.62. The molecule has 4 rings (SSSR count). The number of piperazine rings is 1. The summed E-state index contributed by atoms with van der Waals surface area (Å²) in [5, 5.41) is 11.0. The highest BCUT2D eigenvalue weighted by Crippen LogP contribution is 2.20. The summed E-state index contributed by atoms with van der Waals surface area (Å²) in [6.45, 7) is 6.02. The smallest absolute Gasteiger partial charge is 0.193 e. The van der Waals surface area contributed by atoms with Gasteiger partial charge in [-0.1, -0.05) is 24.3 Å². The van der Waals surface area contributed by atoms with Crippen molar-refractivity contribution in [3.05, 3.63) is 75.6 Å². The van der Waals surface area contributed by atoms with Gasteiger partial charge >= 0.3 is 0 Å². The number of benzene rings is 2. The van der Waals surface area contributed by atoms with Gasteiger partial charge in [0.25, 0.3) is 0 Å². The Hall–Kier alpha value is -2.79. The van der Waals surface area contributed by atoms with E-state index in [0.717, 1.165) is 36.5 Å². The molecule has 0 atom stereocenters. The molecule has 0 radical (unpaired) electrons. The predicted octanol–water partition coefficient (Wildman–Crippen LogP) is 2.89. The Bertz CT molecular complexity index is 1020. The average Bonchev–Trinajstić information content (AvgIpc) is 2.71. The first kappa shape index (κ1) is 17.6. The van der Waals surface area contributed by atoms with Gasteiger partial charge in [-0.3, -0.25) is 4.79 Å². The molecule has 2 heterocycles. The van der Waals surface area contributed by atoms with Gasteiger partial charge < -0.3 is 15.0 Å². The molecule has 0 aliphatic carbocycles. The Labute approximate surface area is 159 Å². The largest absolute Gasteiger partial charge is 0.428 e. The molecule has 0 saturated carbocycles. The van der Waals surface area contributed by atoms with Crippen molar-refractivity contribution in [3.8, 4) is 0 Å². The zero-order valence-corrected chi connectivity index (χ0v) is 15.9. The lowest BCUT2D eigenvalue weighted by Crippen LogP contribution is -2.44. The second kappa shape index (κ2) is 7.08. The van der Waals surface area contributed by atoms with Crippen molar-refractivity contribution in [2.24, 2.45) is 0 Å². The van der Waals surface area contributed by atoms with E-state index in [-0.39, 0.29) is 5.43 Å². The molecule has 27 heavy (non-hydrogen) atoms. The zero-order valence-electron chi connectivity index (χ0n) is 15.9. The van der Waals surface area contributed by atoms with E-state index in [9.17, 15) is 10.0 Å². The van der Waals surface area contributed by atoms with Crippen LogP contribution in [0, 0.1) is 6.92 Å². The minimum Gasteiger partial charge on any atom is -0.428 e. The number of hydrogen-bond acceptors (Lipinski definition) is 4. The third-order valence-electron chi connectivity index (χ3n) is 5.59. The van der Waals surface area contributed by atoms with Gasteiger partial charge in [-0.2, -0.15) is 4.73 Å². The summed E-state index contributed by atoms with van der Waals surface area (Å²) in [4.78, 5) is 17.6. The van der Waals surface area contributed by atoms with E-state index >= 15 is 0 Å². The van der Waals surface area contributed by atoms with Crippen molar-refractivity contribution >= 4 is 16.6 Å². The second-order valence-electron chi connectivity index (χ2n) is 7.36. The molecular weight excluding hydrogens is 338 g/mol. The maximum Gasteiger partial charge on any atom is 0.193 e. The second-order valence-corrected chi connectivity index (χ2v) is 7.36. The van der Waals surface area contributed by atoms with E-state index < -0.39 is 0 Å². The Balaban J connectivity index is 1.62. The van der Waals surface area contributed by atoms with Crippen LogP contribution in [-0.2, 0) is 6.42 Å². The van der Waals surface area contributed by atoms with Gasteiger partial charge in [-0.15, -0.1) is 0 Å². The van der Waals surface area contributed by atoms with Crippen LogP contribution in [0.15, 0.2) is 53.3 Å². The number of anilines is 1. The molecular formula is C22H25N3O2. The first-order chi connectivity index (χ1) is 13.0. The van der Waals surface area contributed by atoms with Crippen LogP contribution >= 0.6 is 0 Å². The lowest BCUT2D eigenvalue weighted by molar-refractivity contribution is 0.190. The standard InChI is InChI=1S/C22H25N3O2/c1-16-20(22(26)19-5-3-4-6-21(19)25(16)27)15-17-7-9-18(10-8-17)24-13-11-23(2)12-14-24/h3-10,27H,11-15H2,1-2H3. The highest BCUT2D eigenvalue weighted by molar-refractivity contribution is 5.79. The average molecular weight is 363 g/mol. The third-order valence-corrected chi connectivity index (χ3v) is 5.59. The highest BCUT2D eigenvalue weighted by Gasteiger charge is 2.16. The Morgan fingerprint density at radius 3 is 2.33 bits per heavy atom. The highest BCUT2D eigenvalue weighted by atomic mass is 16.5. The van der Waals surface area contributed by atoms with E-state index in [2.05, 4.69) is 41.1 Å². The Morgan fingerprint density at radius 1 is 0.963 bits per heavy atom. The van der Waals surface area contributed by atoms with E-state index in [1.807, 2.05) is 12.1 Å². The number of rotatable bonds is 3. The molecule has 5 nitrogen and oxygen atoms in total. The van der Waals surface area contributed by atoms with Crippen LogP contribution in [-0.4, -0.2) is 48.1 Å². The third kappa shape index (κ3) is 3.30. The number of para-hydroxylation sites is 1. The molecule has 1 aliphatic rings. The zero-order chi connectivity index (χ0) is 19.0. The summed E-state index contributed by atoms with van der Waals surface area (Å²) >= 11 is 0. The molecule has 1 N–H and O–H groups in total. The number of likely N-dealkylation sites (N-methyl/N-ethyl adjacent to an activating group) is 1. The van der Waals surface area contributed by atoms with Gasteiger partial charge in [0, 0.05) is 49.2 Å². The summed E-state index contributed by atoms with van der Waals surface area (Å²) in [5.74, 6) is 0. The van der Waals surface area contributed by atoms with Crippen molar-refractivity contribution in [3.63, 3.8) is 0 Å². The van der Waals surface area contributed by atoms with Crippen LogP contribution < -0.4 is 10.3 Å². The van der Waals surface area contributed by atoms with E-state index in [1.165, 1.54) is 5.69 Å². The van der Waals surface area contributed by atoms with Crippen molar-refractivity contribution in [1.29, 1.82) is 0 Å². The molecule has 1 aliphatic heterocycles. The van der Waals surface area contributed by atoms with Crippen molar-refractivity contribution in [2.45, 2.75) is 13.3 Å². The topological polar surface area (TPSA) is 48.7 Å². The lowest BCUT2D eigenvalue weighted by atomic mass is 10.0. The molecule has 5 heteroatoms. The molecule has 2 aromatic carbocycles. The van der Waals surface area contributed by atoms with Gasteiger partial charge in [-0.05, 0) is 43.8 Å². The molecule has 1 fully saturated rings. The summed E-state index contributed by atoms with van der Waals surface area (Å²) in [5.41, 5.74) is 4.08. The SMILES string of the molecule is Cc1c(Cc2ccc(N3CCN(C)CC3)cc2)c(=O)c2ccccc2n1O. The van der Waals surface area contributed by atoms with Crippen LogP contribution in [0.25, 0.3) is 10.9 Å². The van der Waals surface area contributed by atoms with Crippen LogP contribution in [0.4, 0.5) is 5.69 Å². The lowest BCUT2D eigenvalue weighted by Gasteiger charge is -2.34. The molecule has 1 aromatic heterocycles. The van der Waals surface area contributed by atoms with Crippen LogP contribution in [0.2, 0.25) is 0 Å². The minimum absolute atomic E-state index is 0.00320. The molecule has 140 valence electrons. The summed E-state index contributed by atoms with van der Waals surface area (Å²) in [7, 11) is 2.15. The summed E-state index contributed by atoms with van der Waals surface area (Å²) in [6.07, 6.45) is 0.513. The maximum absolute atomic E-state index is 12.9. The quantitative estimate of drug-likeness (QED) is 0.727. The fourth-order valence-electron chi connectivity index (χ4n) is 3.79. The molecule has 1 saturated heterocycles. The van der Waals surface area contributed by atoms with Crippen LogP contribution in [0.5, 0.6) is 0 Å². The van der Waals surface area contributed by atoms with Crippen molar-refractivity contribution in [1.82, 2.24) is 9.63 Å². The summed E-state index contributed by atoms with van der Waals surface area (Å²) < 4.78 is 1.13. The first-order valence-electron chi connectivity index (χ1n) is 9.39. The monoisotopic (exact) mass is 363 g/mol. The normalized spacial score (nSPS) is 15.4. The van der Waals surface area contributed by atoms with Gasteiger partial charge in [-0.25, -0.2) is 0 Å². The summed E-state index contributed by atoms with van der Waals surface area (Å²) in [6, 6.07) is 15.6. The number of nitrogens with zero attached hydrogens (tertiary/aromatic N) is 3. The molecule has 0 bridgehead atoms. The number of aromatic nitrogens is 1.